The SMILES string of the molecule is Oc1c(F)c(F)cc(-c2nc3ccc(F)cc3s2)c1F. The van der Waals surface area contributed by atoms with Crippen molar-refractivity contribution in [2.75, 3.05) is 0 Å². The van der Waals surface area contributed by atoms with E-state index in [9.17, 15) is 22.7 Å². The Hall–Kier alpha value is -2.15. The molecule has 0 unspecified atom stereocenters. The van der Waals surface area contributed by atoms with Gasteiger partial charge >= 0.3 is 0 Å². The largest absolute Gasteiger partial charge is 0.503 e. The van der Waals surface area contributed by atoms with Gasteiger partial charge in [0, 0.05) is 0 Å². The third-order valence-corrected chi connectivity index (χ3v) is 3.77. The molecule has 0 amide bonds. The van der Waals surface area contributed by atoms with Crippen molar-refractivity contribution in [3.8, 4) is 16.3 Å². The van der Waals surface area contributed by atoms with Gasteiger partial charge in [-0.25, -0.2) is 18.2 Å². The van der Waals surface area contributed by atoms with E-state index in [4.69, 9.17) is 0 Å². The van der Waals surface area contributed by atoms with Crippen LogP contribution >= 0.6 is 11.3 Å². The molecule has 1 aromatic heterocycles. The van der Waals surface area contributed by atoms with Gasteiger partial charge in [-0.05, 0) is 24.3 Å². The van der Waals surface area contributed by atoms with Crippen LogP contribution in [0.4, 0.5) is 17.6 Å². The summed E-state index contributed by atoms with van der Waals surface area (Å²) < 4.78 is 53.5. The van der Waals surface area contributed by atoms with E-state index in [1.807, 2.05) is 0 Å². The molecule has 0 saturated heterocycles. The zero-order valence-electron chi connectivity index (χ0n) is 9.62. The number of benzene rings is 2. The van der Waals surface area contributed by atoms with Crippen molar-refractivity contribution < 1.29 is 22.7 Å². The predicted octanol–water partition coefficient (Wildman–Crippen LogP) is 4.23. The van der Waals surface area contributed by atoms with Gasteiger partial charge in [0.2, 0.25) is 5.82 Å². The molecule has 0 bridgehead atoms. The lowest BCUT2D eigenvalue weighted by Crippen LogP contribution is -1.93. The average Bonchev–Trinajstić information content (AvgIpc) is 2.83. The van der Waals surface area contributed by atoms with E-state index in [1.54, 1.807) is 0 Å². The molecule has 0 atom stereocenters. The lowest BCUT2D eigenvalue weighted by molar-refractivity contribution is 0.377. The molecular weight excluding hydrogens is 294 g/mol. The van der Waals surface area contributed by atoms with Crippen LogP contribution in [0.3, 0.4) is 0 Å². The Balaban J connectivity index is 2.25. The number of aromatic nitrogens is 1. The lowest BCUT2D eigenvalue weighted by Gasteiger charge is -2.03. The minimum Gasteiger partial charge on any atom is -0.503 e. The van der Waals surface area contributed by atoms with E-state index in [0.717, 1.165) is 11.3 Å². The molecule has 3 rings (SSSR count). The summed E-state index contributed by atoms with van der Waals surface area (Å²) in [5.41, 5.74) is 0.0260. The number of halogens is 4. The van der Waals surface area contributed by atoms with E-state index >= 15 is 0 Å². The molecule has 7 heteroatoms. The van der Waals surface area contributed by atoms with Gasteiger partial charge < -0.3 is 5.11 Å². The molecule has 2 aromatic carbocycles. The first-order chi connectivity index (χ1) is 9.47. The Morgan fingerprint density at radius 3 is 2.50 bits per heavy atom. The van der Waals surface area contributed by atoms with Crippen LogP contribution in [0.15, 0.2) is 24.3 Å². The molecule has 0 saturated carbocycles. The number of hydrogen-bond donors (Lipinski definition) is 1. The fourth-order valence-electron chi connectivity index (χ4n) is 1.76. The van der Waals surface area contributed by atoms with Crippen LogP contribution in [0.5, 0.6) is 5.75 Å². The minimum absolute atomic E-state index is 0.0253. The smallest absolute Gasteiger partial charge is 0.203 e. The zero-order chi connectivity index (χ0) is 14.4. The lowest BCUT2D eigenvalue weighted by atomic mass is 10.2. The first kappa shape index (κ1) is 12.9. The third-order valence-electron chi connectivity index (χ3n) is 2.71. The molecule has 2 nitrogen and oxygen atoms in total. The first-order valence-corrected chi connectivity index (χ1v) is 6.22. The second kappa shape index (κ2) is 4.45. The van der Waals surface area contributed by atoms with Crippen molar-refractivity contribution >= 4 is 21.6 Å². The summed E-state index contributed by atoms with van der Waals surface area (Å²) in [7, 11) is 0. The third kappa shape index (κ3) is 1.90. The predicted molar refractivity (Wildman–Crippen MR) is 66.6 cm³/mol. The first-order valence-electron chi connectivity index (χ1n) is 5.40. The van der Waals surface area contributed by atoms with Crippen LogP contribution in [0.1, 0.15) is 0 Å². The topological polar surface area (TPSA) is 33.1 Å². The number of aromatic hydroxyl groups is 1. The molecule has 0 aliphatic rings. The summed E-state index contributed by atoms with van der Waals surface area (Å²) in [6.45, 7) is 0. The van der Waals surface area contributed by atoms with Crippen LogP contribution in [0.25, 0.3) is 20.8 Å². The highest BCUT2D eigenvalue weighted by Gasteiger charge is 2.21. The van der Waals surface area contributed by atoms with E-state index < -0.39 is 29.0 Å². The van der Waals surface area contributed by atoms with E-state index in [1.165, 1.54) is 18.2 Å². The summed E-state index contributed by atoms with van der Waals surface area (Å²) in [4.78, 5) is 4.01. The van der Waals surface area contributed by atoms with Gasteiger partial charge in [0.15, 0.2) is 17.4 Å². The molecule has 20 heavy (non-hydrogen) atoms. The highest BCUT2D eigenvalue weighted by molar-refractivity contribution is 7.21. The highest BCUT2D eigenvalue weighted by atomic mass is 32.1. The van der Waals surface area contributed by atoms with Crippen molar-refractivity contribution in [1.82, 2.24) is 4.98 Å². The number of phenols is 1. The molecule has 1 heterocycles. The molecule has 1 N–H and O–H groups in total. The van der Waals surface area contributed by atoms with Crippen molar-refractivity contribution in [3.05, 3.63) is 47.5 Å². The Kier molecular flexibility index (Phi) is 2.86. The summed E-state index contributed by atoms with van der Waals surface area (Å²) in [6.07, 6.45) is 0. The molecule has 0 radical (unpaired) electrons. The van der Waals surface area contributed by atoms with Crippen LogP contribution in [0, 0.1) is 23.3 Å². The van der Waals surface area contributed by atoms with Gasteiger partial charge in [-0.1, -0.05) is 0 Å². The Morgan fingerprint density at radius 2 is 1.75 bits per heavy atom. The molecule has 0 aliphatic carbocycles. The van der Waals surface area contributed by atoms with E-state index in [2.05, 4.69) is 4.98 Å². The quantitative estimate of drug-likeness (QED) is 0.539. The summed E-state index contributed by atoms with van der Waals surface area (Å²) in [5, 5.41) is 9.20. The standard InChI is InChI=1S/C13H5F4NOS/c14-5-1-2-8-9(3-5)20-13(18-8)6-4-7(15)11(17)12(19)10(6)16/h1-4,19H. The van der Waals surface area contributed by atoms with Crippen LogP contribution in [-0.4, -0.2) is 10.1 Å². The monoisotopic (exact) mass is 299 g/mol. The summed E-state index contributed by atoms with van der Waals surface area (Å²) in [5.74, 6) is -6.22. The molecule has 0 spiro atoms. The Bertz CT molecular complexity index is 831. The van der Waals surface area contributed by atoms with Crippen molar-refractivity contribution in [3.63, 3.8) is 0 Å². The molecular formula is C13H5F4NOS. The molecule has 3 aromatic rings. The number of fused-ring (bicyclic) bond motifs is 1. The number of nitrogens with zero attached hydrogens (tertiary/aromatic N) is 1. The normalized spacial score (nSPS) is 11.2. The minimum atomic E-state index is -1.65. The van der Waals surface area contributed by atoms with Gasteiger partial charge in [-0.2, -0.15) is 4.39 Å². The average molecular weight is 299 g/mol. The van der Waals surface area contributed by atoms with Crippen LogP contribution in [-0.2, 0) is 0 Å². The number of thiazole rings is 1. The molecule has 0 fully saturated rings. The van der Waals surface area contributed by atoms with Crippen molar-refractivity contribution in [1.29, 1.82) is 0 Å². The maximum Gasteiger partial charge on any atom is 0.203 e. The van der Waals surface area contributed by atoms with Crippen molar-refractivity contribution in [2.24, 2.45) is 0 Å². The van der Waals surface area contributed by atoms with Crippen molar-refractivity contribution in [2.45, 2.75) is 0 Å². The highest BCUT2D eigenvalue weighted by Crippen LogP contribution is 2.36. The fraction of sp³-hybridized carbons (Fsp3) is 0. The molecule has 102 valence electrons. The molecule has 0 aliphatic heterocycles. The zero-order valence-corrected chi connectivity index (χ0v) is 10.4. The van der Waals surface area contributed by atoms with E-state index in [-0.39, 0.29) is 10.6 Å². The second-order valence-electron chi connectivity index (χ2n) is 4.01. The second-order valence-corrected chi connectivity index (χ2v) is 5.04. The summed E-state index contributed by atoms with van der Waals surface area (Å²) in [6, 6.07) is 4.39. The van der Waals surface area contributed by atoms with Gasteiger partial charge in [-0.15, -0.1) is 11.3 Å². The number of hydrogen-bond acceptors (Lipinski definition) is 3. The summed E-state index contributed by atoms with van der Waals surface area (Å²) >= 11 is 0.911. The van der Waals surface area contributed by atoms with Crippen LogP contribution < -0.4 is 0 Å². The Labute approximate surface area is 113 Å². The number of phenolic OH excluding ortho intramolecular Hbond substituents is 1. The fourth-order valence-corrected chi connectivity index (χ4v) is 2.76. The van der Waals surface area contributed by atoms with Gasteiger partial charge in [-0.3, -0.25) is 0 Å². The maximum absolute atomic E-state index is 13.8. The van der Waals surface area contributed by atoms with E-state index in [0.29, 0.717) is 16.3 Å². The van der Waals surface area contributed by atoms with Gasteiger partial charge in [0.1, 0.15) is 10.8 Å². The van der Waals surface area contributed by atoms with Gasteiger partial charge in [0.05, 0.1) is 15.8 Å². The number of rotatable bonds is 1. The maximum atomic E-state index is 13.8. The Morgan fingerprint density at radius 1 is 1.00 bits per heavy atom. The van der Waals surface area contributed by atoms with Gasteiger partial charge in [0.25, 0.3) is 0 Å². The van der Waals surface area contributed by atoms with Crippen LogP contribution in [0.2, 0.25) is 0 Å².